The minimum Gasteiger partial charge on any atom is -0.444 e. The number of ketones is 1. The van der Waals surface area contributed by atoms with Crippen molar-refractivity contribution in [3.8, 4) is 5.75 Å². The summed E-state index contributed by atoms with van der Waals surface area (Å²) in [5.41, 5.74) is 3.51. The van der Waals surface area contributed by atoms with E-state index in [1.807, 2.05) is 26.8 Å². The Morgan fingerprint density at radius 3 is 2.37 bits per heavy atom. The van der Waals surface area contributed by atoms with E-state index in [-0.39, 0.29) is 17.9 Å². The molecule has 2 atom stereocenters. The molecule has 2 aliphatic heterocycles. The van der Waals surface area contributed by atoms with Crippen molar-refractivity contribution in [2.75, 3.05) is 0 Å². The third kappa shape index (κ3) is 2.34. The third-order valence-corrected chi connectivity index (χ3v) is 5.39. The van der Waals surface area contributed by atoms with Gasteiger partial charge in [-0.3, -0.25) is 19.7 Å². The van der Waals surface area contributed by atoms with E-state index in [0.717, 1.165) is 16.7 Å². The molecular weight excluding hydrogens is 350 g/mol. The lowest BCUT2D eigenvalue weighted by Crippen LogP contribution is -2.44. The summed E-state index contributed by atoms with van der Waals surface area (Å²) in [4.78, 5) is 35.8. The number of nitrogens with zero attached hydrogens (tertiary/aromatic N) is 1. The summed E-state index contributed by atoms with van der Waals surface area (Å²) in [6, 6.07) is 7.68. The number of benzene rings is 2. The Kier molecular flexibility index (Phi) is 3.59. The van der Waals surface area contributed by atoms with Gasteiger partial charge in [-0.05, 0) is 43.0 Å². The first-order valence-electron chi connectivity index (χ1n) is 8.55. The number of hydrogen-bond donors (Lipinski definition) is 0. The van der Waals surface area contributed by atoms with Crippen LogP contribution >= 0.6 is 0 Å². The highest BCUT2D eigenvalue weighted by atomic mass is 16.7. The number of Topliss-reactive ketones (excluding diaryl/α,β-unsaturated/α-hetero) is 1. The maximum atomic E-state index is 13.3. The maximum Gasteiger partial charge on any atom is 0.326 e. The van der Waals surface area contributed by atoms with Crippen molar-refractivity contribution in [2.24, 2.45) is 0 Å². The number of carbonyl (C=O) groups excluding carboxylic acids is 2. The second-order valence-electron chi connectivity index (χ2n) is 7.02. The summed E-state index contributed by atoms with van der Waals surface area (Å²) >= 11 is 0. The summed E-state index contributed by atoms with van der Waals surface area (Å²) in [7, 11) is 0. The zero-order chi connectivity index (χ0) is 19.5. The Balaban J connectivity index is 1.83. The van der Waals surface area contributed by atoms with Gasteiger partial charge in [0.2, 0.25) is 0 Å². The molecule has 7 heteroatoms. The van der Waals surface area contributed by atoms with Crippen LogP contribution in [0, 0.1) is 30.9 Å². The first kappa shape index (κ1) is 17.2. The molecule has 0 amide bonds. The van der Waals surface area contributed by atoms with E-state index in [1.54, 1.807) is 0 Å². The summed E-state index contributed by atoms with van der Waals surface area (Å²) in [6.45, 7) is 5.61. The van der Waals surface area contributed by atoms with Crippen molar-refractivity contribution in [3.63, 3.8) is 0 Å². The average Bonchev–Trinajstić information content (AvgIpc) is 3.11. The Bertz CT molecular complexity index is 1010. The monoisotopic (exact) mass is 367 g/mol. The van der Waals surface area contributed by atoms with Crippen LogP contribution in [-0.2, 0) is 9.53 Å². The Morgan fingerprint density at radius 1 is 1.07 bits per heavy atom. The van der Waals surface area contributed by atoms with Gasteiger partial charge < -0.3 is 9.47 Å². The van der Waals surface area contributed by atoms with E-state index < -0.39 is 22.6 Å². The van der Waals surface area contributed by atoms with Crippen LogP contribution in [0.5, 0.6) is 5.75 Å². The van der Waals surface area contributed by atoms with E-state index in [2.05, 4.69) is 0 Å². The molecule has 0 aliphatic carbocycles. The number of nitro groups is 1. The zero-order valence-electron chi connectivity index (χ0n) is 15.1. The average molecular weight is 367 g/mol. The summed E-state index contributed by atoms with van der Waals surface area (Å²) in [5.74, 6) is -2.90. The zero-order valence-corrected chi connectivity index (χ0v) is 15.1. The van der Waals surface area contributed by atoms with E-state index in [1.165, 1.54) is 24.3 Å². The number of non-ortho nitro benzene ring substituents is 1. The third-order valence-electron chi connectivity index (χ3n) is 5.39. The van der Waals surface area contributed by atoms with Crippen molar-refractivity contribution in [3.05, 3.63) is 68.3 Å². The van der Waals surface area contributed by atoms with Crippen LogP contribution in [0.2, 0.25) is 0 Å². The molecule has 0 saturated carbocycles. The van der Waals surface area contributed by atoms with E-state index >= 15 is 0 Å². The van der Waals surface area contributed by atoms with Crippen LogP contribution in [0.1, 0.15) is 45.0 Å². The summed E-state index contributed by atoms with van der Waals surface area (Å²) in [5, 5.41) is 10.9. The maximum absolute atomic E-state index is 13.3. The first-order valence-corrected chi connectivity index (χ1v) is 8.55. The largest absolute Gasteiger partial charge is 0.444 e. The number of hydrogen-bond acceptors (Lipinski definition) is 6. The van der Waals surface area contributed by atoms with Gasteiger partial charge in [-0.2, -0.15) is 0 Å². The van der Waals surface area contributed by atoms with Gasteiger partial charge in [-0.15, -0.1) is 0 Å². The number of carbonyl (C=O) groups is 2. The van der Waals surface area contributed by atoms with Crippen molar-refractivity contribution >= 4 is 17.4 Å². The number of ether oxygens (including phenoxy) is 2. The van der Waals surface area contributed by atoms with Crippen molar-refractivity contribution in [1.82, 2.24) is 0 Å². The Hall–Kier alpha value is -3.22. The molecule has 1 fully saturated rings. The molecule has 27 heavy (non-hydrogen) atoms. The van der Waals surface area contributed by atoms with Crippen LogP contribution in [-0.4, -0.2) is 22.5 Å². The van der Waals surface area contributed by atoms with Crippen LogP contribution in [0.4, 0.5) is 5.69 Å². The summed E-state index contributed by atoms with van der Waals surface area (Å²) in [6.07, 6.45) is -0.0331. The van der Waals surface area contributed by atoms with Crippen LogP contribution in [0.3, 0.4) is 0 Å². The van der Waals surface area contributed by atoms with Gasteiger partial charge >= 0.3 is 11.8 Å². The Labute approximate surface area is 155 Å². The normalized spacial score (nSPS) is 23.3. The quantitative estimate of drug-likeness (QED) is 0.458. The van der Waals surface area contributed by atoms with E-state index in [4.69, 9.17) is 9.47 Å². The standard InChI is InChI=1S/C20H17NO6/c1-10-8-11(2)17-18(12(10)3)27-20(19(17)23)15(9-16(22)26-20)13-4-6-14(7-5-13)21(24)25/h4-8,15H,9H2,1-3H3/t15-,20-/m1/s1. The van der Waals surface area contributed by atoms with E-state index in [0.29, 0.717) is 16.9 Å². The molecule has 0 bridgehead atoms. The lowest BCUT2D eigenvalue weighted by Gasteiger charge is -2.27. The lowest BCUT2D eigenvalue weighted by atomic mass is 9.85. The first-order chi connectivity index (χ1) is 12.7. The molecule has 1 saturated heterocycles. The Morgan fingerprint density at radius 2 is 1.74 bits per heavy atom. The van der Waals surface area contributed by atoms with Crippen molar-refractivity contribution < 1.29 is 24.0 Å². The van der Waals surface area contributed by atoms with Crippen molar-refractivity contribution in [2.45, 2.75) is 38.9 Å². The van der Waals surface area contributed by atoms with Crippen molar-refractivity contribution in [1.29, 1.82) is 0 Å². The highest BCUT2D eigenvalue weighted by molar-refractivity contribution is 6.10. The molecule has 138 valence electrons. The molecule has 0 radical (unpaired) electrons. The minimum absolute atomic E-state index is 0.0331. The molecule has 4 rings (SSSR count). The molecule has 0 unspecified atom stereocenters. The van der Waals surface area contributed by atoms with Gasteiger partial charge in [-0.25, -0.2) is 0 Å². The molecular formula is C20H17NO6. The molecule has 1 spiro atoms. The molecule has 2 aromatic carbocycles. The topological polar surface area (TPSA) is 95.7 Å². The van der Waals surface area contributed by atoms with Gasteiger partial charge in [0.1, 0.15) is 5.75 Å². The predicted molar refractivity (Wildman–Crippen MR) is 94.9 cm³/mol. The van der Waals surface area contributed by atoms with Gasteiger partial charge in [-0.1, -0.05) is 18.2 Å². The number of rotatable bonds is 2. The number of nitro benzene ring substituents is 1. The smallest absolute Gasteiger partial charge is 0.326 e. The van der Waals surface area contributed by atoms with E-state index in [9.17, 15) is 19.7 Å². The van der Waals surface area contributed by atoms with Crippen LogP contribution < -0.4 is 4.74 Å². The SMILES string of the molecule is Cc1cc(C)c2c(c1C)O[C@@]1(OC(=O)C[C@@H]1c1ccc([N+](=O)[O-])cc1)C2=O. The van der Waals surface area contributed by atoms with Gasteiger partial charge in [0.05, 0.1) is 22.8 Å². The fourth-order valence-corrected chi connectivity index (χ4v) is 3.88. The highest BCUT2D eigenvalue weighted by Gasteiger charge is 2.62. The molecule has 2 heterocycles. The molecule has 0 aromatic heterocycles. The molecule has 2 aliphatic rings. The lowest BCUT2D eigenvalue weighted by molar-refractivity contribution is -0.384. The second-order valence-corrected chi connectivity index (χ2v) is 7.02. The fraction of sp³-hybridized carbons (Fsp3) is 0.300. The molecule has 7 nitrogen and oxygen atoms in total. The molecule has 0 N–H and O–H groups in total. The minimum atomic E-state index is -1.75. The van der Waals surface area contributed by atoms with Gasteiger partial charge in [0, 0.05) is 12.1 Å². The second kappa shape index (κ2) is 5.64. The van der Waals surface area contributed by atoms with Crippen LogP contribution in [0.15, 0.2) is 30.3 Å². The number of esters is 1. The number of fused-ring (bicyclic) bond motifs is 1. The van der Waals surface area contributed by atoms with Gasteiger partial charge in [0.25, 0.3) is 11.5 Å². The highest BCUT2D eigenvalue weighted by Crippen LogP contribution is 2.51. The summed E-state index contributed by atoms with van der Waals surface area (Å²) < 4.78 is 11.5. The van der Waals surface area contributed by atoms with Gasteiger partial charge in [0.15, 0.2) is 0 Å². The molecule has 2 aromatic rings. The predicted octanol–water partition coefficient (Wildman–Crippen LogP) is 3.52. The van der Waals surface area contributed by atoms with Crippen LogP contribution in [0.25, 0.3) is 0 Å². The number of aryl methyl sites for hydroxylation is 2. The fourth-order valence-electron chi connectivity index (χ4n) is 3.88.